The number of carbonyl (C=O) groups excluding carboxylic acids is 1. The van der Waals surface area contributed by atoms with Crippen LogP contribution in [0.15, 0.2) is 0 Å². The van der Waals surface area contributed by atoms with E-state index in [1.54, 1.807) is 7.11 Å². The highest BCUT2D eigenvalue weighted by Crippen LogP contribution is 2.30. The van der Waals surface area contributed by atoms with Gasteiger partial charge >= 0.3 is 6.09 Å². The zero-order valence-electron chi connectivity index (χ0n) is 7.96. The van der Waals surface area contributed by atoms with Crippen molar-refractivity contribution < 1.29 is 14.3 Å². The average Bonchev–Trinajstić information content (AvgIpc) is 2.63. The van der Waals surface area contributed by atoms with Gasteiger partial charge in [0.05, 0.1) is 19.3 Å². The van der Waals surface area contributed by atoms with Gasteiger partial charge in [0.2, 0.25) is 0 Å². The lowest BCUT2D eigenvalue weighted by molar-refractivity contribution is 0.0137. The summed E-state index contributed by atoms with van der Waals surface area (Å²) in [7, 11) is 3.04. The van der Waals surface area contributed by atoms with E-state index >= 15 is 0 Å². The summed E-state index contributed by atoms with van der Waals surface area (Å²) in [5.74, 6) is 2.03. The van der Waals surface area contributed by atoms with Gasteiger partial charge in [-0.15, -0.1) is 0 Å². The van der Waals surface area contributed by atoms with Crippen molar-refractivity contribution in [2.24, 2.45) is 0 Å². The summed E-state index contributed by atoms with van der Waals surface area (Å²) in [6.07, 6.45) is 0.589. The van der Waals surface area contributed by atoms with E-state index in [2.05, 4.69) is 10.1 Å². The van der Waals surface area contributed by atoms with Gasteiger partial charge in [-0.3, -0.25) is 0 Å². The molecule has 1 heterocycles. The number of nitrogens with one attached hydrogen (secondary N) is 1. The van der Waals surface area contributed by atoms with Crippen LogP contribution in [0.2, 0.25) is 0 Å². The van der Waals surface area contributed by atoms with Gasteiger partial charge in [-0.05, 0) is 12.2 Å². The van der Waals surface area contributed by atoms with Gasteiger partial charge in [0.15, 0.2) is 0 Å². The molecule has 0 aromatic rings. The number of carbonyl (C=O) groups is 1. The van der Waals surface area contributed by atoms with Crippen molar-refractivity contribution in [2.75, 3.05) is 32.3 Å². The van der Waals surface area contributed by atoms with Crippen molar-refractivity contribution >= 4 is 17.9 Å². The van der Waals surface area contributed by atoms with Crippen LogP contribution in [0.3, 0.4) is 0 Å². The first-order chi connectivity index (χ1) is 6.22. The normalized spacial score (nSPS) is 27.2. The maximum Gasteiger partial charge on any atom is 0.406 e. The number of hydrogen-bond donors (Lipinski definition) is 1. The van der Waals surface area contributed by atoms with E-state index in [1.165, 1.54) is 7.11 Å². The number of hydrogen-bond acceptors (Lipinski definition) is 4. The molecular formula is C8H15NO3S. The van der Waals surface area contributed by atoms with E-state index < -0.39 is 6.09 Å². The molecule has 1 atom stereocenters. The molecule has 0 spiro atoms. The number of amides is 1. The Hall–Kier alpha value is -0.420. The Morgan fingerprint density at radius 2 is 2.38 bits per heavy atom. The summed E-state index contributed by atoms with van der Waals surface area (Å²) in [6.45, 7) is 0.531. The fourth-order valence-electron chi connectivity index (χ4n) is 1.27. The van der Waals surface area contributed by atoms with Crippen molar-refractivity contribution in [1.29, 1.82) is 0 Å². The molecule has 0 saturated carbocycles. The van der Waals surface area contributed by atoms with Gasteiger partial charge < -0.3 is 14.8 Å². The van der Waals surface area contributed by atoms with Gasteiger partial charge in [0, 0.05) is 12.9 Å². The Kier molecular flexibility index (Phi) is 3.87. The van der Waals surface area contributed by atoms with Crippen LogP contribution in [0, 0.1) is 0 Å². The SMILES string of the molecule is COC(=O)NCC1(OC)CCSC1. The van der Waals surface area contributed by atoms with Crippen molar-refractivity contribution in [1.82, 2.24) is 5.32 Å². The van der Waals surface area contributed by atoms with Gasteiger partial charge in [-0.2, -0.15) is 11.8 Å². The highest BCUT2D eigenvalue weighted by atomic mass is 32.2. The van der Waals surface area contributed by atoms with Crippen molar-refractivity contribution in [3.63, 3.8) is 0 Å². The second-order valence-corrected chi connectivity index (χ2v) is 4.14. The van der Waals surface area contributed by atoms with Gasteiger partial charge in [-0.1, -0.05) is 0 Å². The minimum absolute atomic E-state index is 0.182. The third-order valence-corrected chi connectivity index (χ3v) is 3.46. The van der Waals surface area contributed by atoms with Crippen LogP contribution < -0.4 is 5.32 Å². The first-order valence-electron chi connectivity index (χ1n) is 4.17. The molecule has 0 radical (unpaired) electrons. The van der Waals surface area contributed by atoms with E-state index in [4.69, 9.17) is 4.74 Å². The first kappa shape index (κ1) is 10.7. The quantitative estimate of drug-likeness (QED) is 0.742. The summed E-state index contributed by atoms with van der Waals surface area (Å²) in [5.41, 5.74) is -0.182. The molecule has 0 aromatic heterocycles. The minimum atomic E-state index is -0.395. The van der Waals surface area contributed by atoms with Gasteiger partial charge in [0.25, 0.3) is 0 Å². The highest BCUT2D eigenvalue weighted by Gasteiger charge is 2.34. The predicted molar refractivity (Wildman–Crippen MR) is 52.1 cm³/mol. The maximum atomic E-state index is 10.8. The summed E-state index contributed by atoms with van der Waals surface area (Å²) in [5, 5.41) is 2.67. The smallest absolute Gasteiger partial charge is 0.406 e. The van der Waals surface area contributed by atoms with Crippen molar-refractivity contribution in [2.45, 2.75) is 12.0 Å². The van der Waals surface area contributed by atoms with Crippen molar-refractivity contribution in [3.05, 3.63) is 0 Å². The van der Waals surface area contributed by atoms with E-state index in [-0.39, 0.29) is 5.60 Å². The standard InChI is InChI=1S/C8H15NO3S/c1-11-7(10)9-5-8(12-2)3-4-13-6-8/h3-6H2,1-2H3,(H,9,10). The van der Waals surface area contributed by atoms with E-state index in [9.17, 15) is 4.79 Å². The second kappa shape index (κ2) is 4.72. The fraction of sp³-hybridized carbons (Fsp3) is 0.875. The lowest BCUT2D eigenvalue weighted by Gasteiger charge is -2.26. The molecule has 0 aliphatic carbocycles. The Balaban J connectivity index is 2.35. The van der Waals surface area contributed by atoms with Crippen LogP contribution in [-0.4, -0.2) is 44.0 Å². The van der Waals surface area contributed by atoms with Crippen LogP contribution in [-0.2, 0) is 9.47 Å². The Morgan fingerprint density at radius 1 is 1.62 bits per heavy atom. The molecule has 0 bridgehead atoms. The summed E-state index contributed by atoms with van der Waals surface area (Å²) in [4.78, 5) is 10.8. The molecule has 1 aliphatic heterocycles. The van der Waals surface area contributed by atoms with Gasteiger partial charge in [-0.25, -0.2) is 4.79 Å². The second-order valence-electron chi connectivity index (χ2n) is 3.03. The third kappa shape index (κ3) is 2.77. The monoisotopic (exact) mass is 205 g/mol. The zero-order chi connectivity index (χ0) is 9.73. The fourth-order valence-corrected chi connectivity index (χ4v) is 2.66. The topological polar surface area (TPSA) is 47.6 Å². The van der Waals surface area contributed by atoms with Crippen molar-refractivity contribution in [3.8, 4) is 0 Å². The summed E-state index contributed by atoms with van der Waals surface area (Å²) >= 11 is 1.85. The molecule has 13 heavy (non-hydrogen) atoms. The summed E-state index contributed by atoms with van der Waals surface area (Å²) in [6, 6.07) is 0. The molecule has 1 N–H and O–H groups in total. The maximum absolute atomic E-state index is 10.8. The first-order valence-corrected chi connectivity index (χ1v) is 5.33. The average molecular weight is 205 g/mol. The van der Waals surface area contributed by atoms with Crippen LogP contribution >= 0.6 is 11.8 Å². The molecule has 4 nitrogen and oxygen atoms in total. The number of thioether (sulfide) groups is 1. The molecule has 1 aliphatic rings. The Bertz CT molecular complexity index is 180. The molecule has 0 aromatic carbocycles. The van der Waals surface area contributed by atoms with Crippen LogP contribution in [0.25, 0.3) is 0 Å². The lowest BCUT2D eigenvalue weighted by Crippen LogP contribution is -2.44. The van der Waals surface area contributed by atoms with E-state index in [1.807, 2.05) is 11.8 Å². The Morgan fingerprint density at radius 3 is 2.85 bits per heavy atom. The molecule has 1 saturated heterocycles. The Labute approximate surface area is 82.3 Å². The largest absolute Gasteiger partial charge is 0.453 e. The van der Waals surface area contributed by atoms with E-state index in [0.29, 0.717) is 6.54 Å². The van der Waals surface area contributed by atoms with Crippen LogP contribution in [0.1, 0.15) is 6.42 Å². The molecule has 1 rings (SSSR count). The molecule has 1 amide bonds. The minimum Gasteiger partial charge on any atom is -0.453 e. The molecular weight excluding hydrogens is 190 g/mol. The van der Waals surface area contributed by atoms with E-state index in [0.717, 1.165) is 17.9 Å². The summed E-state index contributed by atoms with van der Waals surface area (Å²) < 4.78 is 9.89. The zero-order valence-corrected chi connectivity index (χ0v) is 8.78. The van der Waals surface area contributed by atoms with Crippen LogP contribution in [0.4, 0.5) is 4.79 Å². The molecule has 1 unspecified atom stereocenters. The number of rotatable bonds is 3. The third-order valence-electron chi connectivity index (χ3n) is 2.24. The number of methoxy groups -OCH3 is 2. The lowest BCUT2D eigenvalue weighted by atomic mass is 10.0. The molecule has 76 valence electrons. The molecule has 5 heteroatoms. The predicted octanol–water partition coefficient (Wildman–Crippen LogP) is 0.865. The number of ether oxygens (including phenoxy) is 2. The number of alkyl carbamates (subject to hydrolysis) is 1. The highest BCUT2D eigenvalue weighted by molar-refractivity contribution is 7.99. The molecule has 1 fully saturated rings. The van der Waals surface area contributed by atoms with Gasteiger partial charge in [0.1, 0.15) is 0 Å². The van der Waals surface area contributed by atoms with Crippen LogP contribution in [0.5, 0.6) is 0 Å².